The van der Waals surface area contributed by atoms with Crippen molar-refractivity contribution in [1.82, 2.24) is 14.9 Å². The molecule has 132 valence electrons. The summed E-state index contributed by atoms with van der Waals surface area (Å²) in [7, 11) is 0. The molecule has 0 radical (unpaired) electrons. The number of hydrogen-bond donors (Lipinski definition) is 1. The molecule has 2 aromatic rings. The van der Waals surface area contributed by atoms with Crippen LogP contribution in [0.5, 0.6) is 0 Å². The number of fused-ring (bicyclic) bond motifs is 1. The molecular weight excluding hydrogens is 312 g/mol. The quantitative estimate of drug-likeness (QED) is 0.908. The Balaban J connectivity index is 1.38. The summed E-state index contributed by atoms with van der Waals surface area (Å²) < 4.78 is 6.18. The van der Waals surface area contributed by atoms with E-state index in [-0.39, 0.29) is 0 Å². The van der Waals surface area contributed by atoms with Gasteiger partial charge in [-0.15, -0.1) is 0 Å². The molecule has 0 amide bonds. The summed E-state index contributed by atoms with van der Waals surface area (Å²) in [6, 6.07) is 10.8. The number of morpholine rings is 1. The van der Waals surface area contributed by atoms with Crippen molar-refractivity contribution < 1.29 is 4.74 Å². The third kappa shape index (κ3) is 3.83. The molecule has 4 rings (SSSR count). The number of ether oxygens (including phenoxy) is 1. The van der Waals surface area contributed by atoms with Gasteiger partial charge < -0.3 is 10.1 Å². The molecule has 25 heavy (non-hydrogen) atoms. The summed E-state index contributed by atoms with van der Waals surface area (Å²) in [6.45, 7) is 5.75. The third-order valence-corrected chi connectivity index (χ3v) is 5.38. The fourth-order valence-electron chi connectivity index (χ4n) is 4.16. The van der Waals surface area contributed by atoms with E-state index in [1.54, 1.807) is 6.20 Å². The molecule has 3 atom stereocenters. The minimum atomic E-state index is 0.322. The molecule has 2 fully saturated rings. The van der Waals surface area contributed by atoms with Gasteiger partial charge in [-0.2, -0.15) is 0 Å². The number of aryl methyl sites for hydroxylation is 1. The van der Waals surface area contributed by atoms with E-state index in [9.17, 15) is 0 Å². The Morgan fingerprint density at radius 2 is 2.20 bits per heavy atom. The minimum Gasteiger partial charge on any atom is -0.383 e. The first-order valence-electron chi connectivity index (χ1n) is 9.22. The predicted molar refractivity (Wildman–Crippen MR) is 98.4 cm³/mol. The molecule has 1 saturated heterocycles. The Kier molecular flexibility index (Phi) is 4.95. The second-order valence-electron chi connectivity index (χ2n) is 7.10. The number of anilines is 1. The minimum absolute atomic E-state index is 0.322. The van der Waals surface area contributed by atoms with E-state index in [4.69, 9.17) is 4.74 Å². The van der Waals surface area contributed by atoms with Crippen LogP contribution in [0.2, 0.25) is 0 Å². The highest BCUT2D eigenvalue weighted by atomic mass is 16.5. The summed E-state index contributed by atoms with van der Waals surface area (Å²) in [6.07, 6.45) is 6.42. The Morgan fingerprint density at radius 3 is 3.04 bits per heavy atom. The first kappa shape index (κ1) is 16.5. The van der Waals surface area contributed by atoms with Crippen LogP contribution in [-0.2, 0) is 11.3 Å². The van der Waals surface area contributed by atoms with Gasteiger partial charge in [-0.25, -0.2) is 0 Å². The van der Waals surface area contributed by atoms with Crippen molar-refractivity contribution in [3.05, 3.63) is 54.1 Å². The van der Waals surface area contributed by atoms with E-state index in [1.165, 1.54) is 12.8 Å². The lowest BCUT2D eigenvalue weighted by Crippen LogP contribution is -2.50. The van der Waals surface area contributed by atoms with Crippen LogP contribution in [0.15, 0.2) is 42.7 Å². The topological polar surface area (TPSA) is 50.3 Å². The molecule has 0 bridgehead atoms. The van der Waals surface area contributed by atoms with Crippen LogP contribution in [-0.4, -0.2) is 46.7 Å². The number of hydrogen-bond acceptors (Lipinski definition) is 5. The molecule has 1 N–H and O–H groups in total. The molecule has 2 aromatic heterocycles. The lowest BCUT2D eigenvalue weighted by molar-refractivity contribution is -0.0748. The SMILES string of the molecule is Cc1cccc(CN2CCO[C@@H]3[C@H](CNc4cccnc4)CC[C@H]32)n1. The molecule has 1 saturated carbocycles. The second-order valence-corrected chi connectivity index (χ2v) is 7.10. The Bertz CT molecular complexity index is 693. The molecule has 2 aliphatic rings. The van der Waals surface area contributed by atoms with E-state index >= 15 is 0 Å². The Hall–Kier alpha value is -1.98. The fourth-order valence-corrected chi connectivity index (χ4v) is 4.16. The van der Waals surface area contributed by atoms with Crippen molar-refractivity contribution >= 4 is 5.69 Å². The highest BCUT2D eigenvalue weighted by Gasteiger charge is 2.42. The van der Waals surface area contributed by atoms with Gasteiger partial charge in [-0.3, -0.25) is 14.9 Å². The van der Waals surface area contributed by atoms with Crippen LogP contribution in [0.1, 0.15) is 24.2 Å². The van der Waals surface area contributed by atoms with Gasteiger partial charge in [0.25, 0.3) is 0 Å². The van der Waals surface area contributed by atoms with Crippen LogP contribution < -0.4 is 5.32 Å². The van der Waals surface area contributed by atoms with Gasteiger partial charge in [-0.05, 0) is 44.0 Å². The van der Waals surface area contributed by atoms with Crippen molar-refractivity contribution in [2.75, 3.05) is 25.0 Å². The maximum atomic E-state index is 6.18. The van der Waals surface area contributed by atoms with E-state index in [2.05, 4.69) is 51.4 Å². The van der Waals surface area contributed by atoms with Crippen LogP contribution >= 0.6 is 0 Å². The molecule has 1 aliphatic heterocycles. The number of rotatable bonds is 5. The molecule has 5 heteroatoms. The Morgan fingerprint density at radius 1 is 1.24 bits per heavy atom. The van der Waals surface area contributed by atoms with Crippen molar-refractivity contribution in [2.24, 2.45) is 5.92 Å². The normalized spacial score (nSPS) is 26.4. The summed E-state index contributed by atoms with van der Waals surface area (Å²) in [5.74, 6) is 0.554. The Labute approximate surface area is 149 Å². The molecular formula is C20H26N4O. The van der Waals surface area contributed by atoms with Crippen LogP contribution in [0, 0.1) is 12.8 Å². The maximum Gasteiger partial charge on any atom is 0.0775 e. The van der Waals surface area contributed by atoms with Crippen molar-refractivity contribution in [3.63, 3.8) is 0 Å². The second kappa shape index (κ2) is 7.50. The molecule has 1 aliphatic carbocycles. The lowest BCUT2D eigenvalue weighted by atomic mass is 10.0. The molecule has 0 unspecified atom stereocenters. The highest BCUT2D eigenvalue weighted by molar-refractivity contribution is 5.39. The van der Waals surface area contributed by atoms with Gasteiger partial charge in [0.15, 0.2) is 0 Å². The summed E-state index contributed by atoms with van der Waals surface area (Å²) in [4.78, 5) is 11.4. The monoisotopic (exact) mass is 338 g/mol. The molecule has 5 nitrogen and oxygen atoms in total. The van der Waals surface area contributed by atoms with Crippen LogP contribution in [0.25, 0.3) is 0 Å². The summed E-state index contributed by atoms with van der Waals surface area (Å²) >= 11 is 0. The summed E-state index contributed by atoms with van der Waals surface area (Å²) in [5.41, 5.74) is 3.34. The van der Waals surface area contributed by atoms with Gasteiger partial charge in [0.05, 0.1) is 24.1 Å². The van der Waals surface area contributed by atoms with Crippen molar-refractivity contribution in [1.29, 1.82) is 0 Å². The van der Waals surface area contributed by atoms with E-state index in [1.807, 2.05) is 12.3 Å². The first-order chi connectivity index (χ1) is 12.3. The first-order valence-corrected chi connectivity index (χ1v) is 9.22. The van der Waals surface area contributed by atoms with E-state index < -0.39 is 0 Å². The predicted octanol–water partition coefficient (Wildman–Crippen LogP) is 2.88. The van der Waals surface area contributed by atoms with Gasteiger partial charge in [0.1, 0.15) is 0 Å². The van der Waals surface area contributed by atoms with Gasteiger partial charge >= 0.3 is 0 Å². The molecule has 3 heterocycles. The van der Waals surface area contributed by atoms with E-state index in [0.29, 0.717) is 18.1 Å². The third-order valence-electron chi connectivity index (χ3n) is 5.38. The molecule has 0 spiro atoms. The van der Waals surface area contributed by atoms with Crippen LogP contribution in [0.3, 0.4) is 0 Å². The molecule has 0 aromatic carbocycles. The van der Waals surface area contributed by atoms with Crippen molar-refractivity contribution in [3.8, 4) is 0 Å². The summed E-state index contributed by atoms with van der Waals surface area (Å²) in [5, 5.41) is 3.52. The zero-order valence-corrected chi connectivity index (χ0v) is 14.8. The number of nitrogens with one attached hydrogen (secondary N) is 1. The number of nitrogens with zero attached hydrogens (tertiary/aromatic N) is 3. The zero-order chi connectivity index (χ0) is 17.1. The van der Waals surface area contributed by atoms with Gasteiger partial charge in [0, 0.05) is 49.7 Å². The van der Waals surface area contributed by atoms with Gasteiger partial charge in [-0.1, -0.05) is 6.07 Å². The average molecular weight is 338 g/mol. The highest BCUT2D eigenvalue weighted by Crippen LogP contribution is 2.35. The van der Waals surface area contributed by atoms with Crippen molar-refractivity contribution in [2.45, 2.75) is 38.5 Å². The smallest absolute Gasteiger partial charge is 0.0775 e. The maximum absolute atomic E-state index is 6.18. The standard InChI is InChI=1S/C20H26N4O/c1-15-4-2-5-18(23-15)14-24-10-11-25-20-16(7-8-19(20)24)12-22-17-6-3-9-21-13-17/h2-6,9,13,16,19-20,22H,7-8,10-12,14H2,1H3/t16-,19+,20+/m0/s1. The number of aromatic nitrogens is 2. The largest absolute Gasteiger partial charge is 0.383 e. The fraction of sp³-hybridized carbons (Fsp3) is 0.500. The lowest BCUT2D eigenvalue weighted by Gasteiger charge is -2.39. The number of pyridine rings is 2. The zero-order valence-electron chi connectivity index (χ0n) is 14.8. The average Bonchev–Trinajstić information content (AvgIpc) is 3.05. The van der Waals surface area contributed by atoms with Gasteiger partial charge in [0.2, 0.25) is 0 Å². The van der Waals surface area contributed by atoms with E-state index in [0.717, 1.165) is 43.3 Å². The van der Waals surface area contributed by atoms with Crippen LogP contribution in [0.4, 0.5) is 5.69 Å².